The summed E-state index contributed by atoms with van der Waals surface area (Å²) in [6, 6.07) is 0. The van der Waals surface area contributed by atoms with Gasteiger partial charge in [-0.3, -0.25) is 9.59 Å². The van der Waals surface area contributed by atoms with E-state index < -0.39 is 24.3 Å². The Kier molecular flexibility index (Phi) is 6.08. The average Bonchev–Trinajstić information content (AvgIpc) is 2.15. The number of hydrogen-bond acceptors (Lipinski definition) is 3. The van der Waals surface area contributed by atoms with Gasteiger partial charge in [-0.2, -0.15) is 0 Å². The molecule has 0 aromatic carbocycles. The van der Waals surface area contributed by atoms with Crippen LogP contribution in [0, 0.1) is 5.92 Å². The van der Waals surface area contributed by atoms with Crippen LogP contribution in [0.15, 0.2) is 0 Å². The number of ether oxygens (including phenoxy) is 1. The van der Waals surface area contributed by atoms with E-state index in [1.165, 1.54) is 0 Å². The molecule has 0 aliphatic heterocycles. The second-order valence-electron chi connectivity index (χ2n) is 3.24. The largest absolute Gasteiger partial charge is 0.466 e. The lowest BCUT2D eigenvalue weighted by atomic mass is 9.98. The predicted octanol–water partition coefficient (Wildman–Crippen LogP) is 1.89. The van der Waals surface area contributed by atoms with E-state index in [2.05, 4.69) is 4.74 Å². The van der Waals surface area contributed by atoms with E-state index in [-0.39, 0.29) is 12.5 Å². The number of hydrogen-bond donors (Lipinski definition) is 0. The maximum atomic E-state index is 13.2. The van der Waals surface area contributed by atoms with Crippen LogP contribution in [0.3, 0.4) is 0 Å². The van der Waals surface area contributed by atoms with Gasteiger partial charge in [0, 0.05) is 0 Å². The molecule has 4 heteroatoms. The van der Waals surface area contributed by atoms with Crippen LogP contribution < -0.4 is 0 Å². The van der Waals surface area contributed by atoms with Crippen molar-refractivity contribution in [3.63, 3.8) is 0 Å². The van der Waals surface area contributed by atoms with Crippen molar-refractivity contribution in [2.24, 2.45) is 5.92 Å². The Morgan fingerprint density at radius 2 is 1.93 bits per heavy atom. The molecule has 0 heterocycles. The van der Waals surface area contributed by atoms with Gasteiger partial charge >= 0.3 is 5.97 Å². The minimum absolute atomic E-state index is 0.215. The minimum atomic E-state index is -1.55. The van der Waals surface area contributed by atoms with Crippen molar-refractivity contribution >= 4 is 11.8 Å². The van der Waals surface area contributed by atoms with Crippen molar-refractivity contribution in [3.05, 3.63) is 0 Å². The molecule has 0 amide bonds. The zero-order valence-corrected chi connectivity index (χ0v) is 8.88. The molecule has 0 N–H and O–H groups in total. The van der Waals surface area contributed by atoms with Crippen LogP contribution in [0.2, 0.25) is 0 Å². The summed E-state index contributed by atoms with van der Waals surface area (Å²) < 4.78 is 17.8. The van der Waals surface area contributed by atoms with Crippen LogP contribution in [0.1, 0.15) is 33.6 Å². The van der Waals surface area contributed by atoms with Crippen LogP contribution >= 0.6 is 0 Å². The van der Waals surface area contributed by atoms with Gasteiger partial charge in [0.05, 0.1) is 6.61 Å². The summed E-state index contributed by atoms with van der Waals surface area (Å²) in [7, 11) is 0. The Hall–Kier alpha value is -0.930. The molecular weight excluding hydrogens is 187 g/mol. The second-order valence-corrected chi connectivity index (χ2v) is 3.24. The van der Waals surface area contributed by atoms with Gasteiger partial charge in [-0.1, -0.05) is 20.3 Å². The van der Waals surface area contributed by atoms with Gasteiger partial charge < -0.3 is 4.74 Å². The van der Waals surface area contributed by atoms with Gasteiger partial charge in [0.2, 0.25) is 0 Å². The summed E-state index contributed by atoms with van der Waals surface area (Å²) in [5.74, 6) is -1.67. The van der Waals surface area contributed by atoms with Gasteiger partial charge in [-0.05, 0) is 12.8 Å². The molecule has 0 radical (unpaired) electrons. The molecule has 0 aromatic heterocycles. The van der Waals surface area contributed by atoms with Crippen molar-refractivity contribution in [2.45, 2.75) is 39.8 Å². The molecule has 2 unspecified atom stereocenters. The molecule has 3 nitrogen and oxygen atoms in total. The highest BCUT2D eigenvalue weighted by Crippen LogP contribution is 2.13. The van der Waals surface area contributed by atoms with Crippen LogP contribution in [0.5, 0.6) is 0 Å². The van der Waals surface area contributed by atoms with Crippen LogP contribution in [0.25, 0.3) is 0 Å². The van der Waals surface area contributed by atoms with Crippen molar-refractivity contribution in [3.8, 4) is 0 Å². The SMILES string of the molecule is CCOC(=O)CC(=O)C(F)C(C)CC. The number of carbonyl (C=O) groups is 2. The smallest absolute Gasteiger partial charge is 0.313 e. The third-order valence-electron chi connectivity index (χ3n) is 2.08. The van der Waals surface area contributed by atoms with E-state index in [0.29, 0.717) is 6.42 Å². The maximum Gasteiger partial charge on any atom is 0.313 e. The van der Waals surface area contributed by atoms with E-state index >= 15 is 0 Å². The molecule has 0 fully saturated rings. The summed E-state index contributed by atoms with van der Waals surface area (Å²) in [4.78, 5) is 22.0. The number of alkyl halides is 1. The fourth-order valence-electron chi connectivity index (χ4n) is 0.976. The lowest BCUT2D eigenvalue weighted by molar-refractivity contribution is -0.146. The third-order valence-corrected chi connectivity index (χ3v) is 2.08. The third kappa shape index (κ3) is 4.35. The highest BCUT2D eigenvalue weighted by atomic mass is 19.1. The zero-order chi connectivity index (χ0) is 11.1. The quantitative estimate of drug-likeness (QED) is 0.490. The number of rotatable bonds is 6. The van der Waals surface area contributed by atoms with Crippen LogP contribution in [-0.2, 0) is 14.3 Å². The number of Topliss-reactive ketones (excluding diaryl/α,β-unsaturated/α-hetero) is 1. The predicted molar refractivity (Wildman–Crippen MR) is 50.6 cm³/mol. The molecule has 0 spiro atoms. The first-order valence-electron chi connectivity index (χ1n) is 4.85. The first kappa shape index (κ1) is 13.1. The summed E-state index contributed by atoms with van der Waals surface area (Å²) in [6.07, 6.45) is -1.43. The summed E-state index contributed by atoms with van der Waals surface area (Å²) in [5.41, 5.74) is 0. The molecule has 14 heavy (non-hydrogen) atoms. The Morgan fingerprint density at radius 1 is 1.36 bits per heavy atom. The van der Waals surface area contributed by atoms with E-state index in [4.69, 9.17) is 0 Å². The van der Waals surface area contributed by atoms with Gasteiger partial charge in [0.1, 0.15) is 6.42 Å². The number of halogens is 1. The standard InChI is InChI=1S/C10H17FO3/c1-4-7(3)10(11)8(12)6-9(13)14-5-2/h7,10H,4-6H2,1-3H3. The molecule has 0 bridgehead atoms. The Balaban J connectivity index is 4.01. The van der Waals surface area contributed by atoms with E-state index in [1.807, 2.05) is 0 Å². The van der Waals surface area contributed by atoms with Gasteiger partial charge in [-0.25, -0.2) is 4.39 Å². The first-order valence-corrected chi connectivity index (χ1v) is 4.85. The minimum Gasteiger partial charge on any atom is -0.466 e. The first-order chi connectivity index (χ1) is 6.52. The average molecular weight is 204 g/mol. The normalized spacial score (nSPS) is 14.6. The molecule has 0 saturated heterocycles. The molecule has 0 aliphatic carbocycles. The number of esters is 1. The molecule has 0 aromatic rings. The van der Waals surface area contributed by atoms with Crippen LogP contribution in [-0.4, -0.2) is 24.5 Å². The number of ketones is 1. The van der Waals surface area contributed by atoms with Gasteiger partial charge in [-0.15, -0.1) is 0 Å². The lowest BCUT2D eigenvalue weighted by Crippen LogP contribution is -2.26. The number of carbonyl (C=O) groups excluding carboxylic acids is 2. The van der Waals surface area contributed by atoms with E-state index in [1.54, 1.807) is 20.8 Å². The Bertz CT molecular complexity index is 204. The van der Waals surface area contributed by atoms with Crippen molar-refractivity contribution < 1.29 is 18.7 Å². The molecule has 82 valence electrons. The maximum absolute atomic E-state index is 13.2. The van der Waals surface area contributed by atoms with Crippen molar-refractivity contribution in [1.82, 2.24) is 0 Å². The lowest BCUT2D eigenvalue weighted by Gasteiger charge is -2.12. The Labute approximate surface area is 83.6 Å². The van der Waals surface area contributed by atoms with Crippen molar-refractivity contribution in [2.75, 3.05) is 6.61 Å². The summed E-state index contributed by atoms with van der Waals surface area (Å²) >= 11 is 0. The summed E-state index contributed by atoms with van der Waals surface area (Å²) in [5, 5.41) is 0. The second kappa shape index (κ2) is 6.51. The van der Waals surface area contributed by atoms with Crippen molar-refractivity contribution in [1.29, 1.82) is 0 Å². The molecule has 0 aliphatic rings. The van der Waals surface area contributed by atoms with Crippen LogP contribution in [0.4, 0.5) is 4.39 Å². The topological polar surface area (TPSA) is 43.4 Å². The highest BCUT2D eigenvalue weighted by Gasteiger charge is 2.25. The Morgan fingerprint density at radius 3 is 2.36 bits per heavy atom. The molecule has 0 rings (SSSR count). The van der Waals surface area contributed by atoms with Gasteiger partial charge in [0.25, 0.3) is 0 Å². The molecule has 0 saturated carbocycles. The fraction of sp³-hybridized carbons (Fsp3) is 0.800. The molecule has 2 atom stereocenters. The highest BCUT2D eigenvalue weighted by molar-refractivity contribution is 5.98. The summed E-state index contributed by atoms with van der Waals surface area (Å²) in [6.45, 7) is 5.30. The van der Waals surface area contributed by atoms with Gasteiger partial charge in [0.15, 0.2) is 12.0 Å². The fourth-order valence-corrected chi connectivity index (χ4v) is 0.976. The molecular formula is C10H17FO3. The monoisotopic (exact) mass is 204 g/mol. The van der Waals surface area contributed by atoms with E-state index in [0.717, 1.165) is 0 Å². The van der Waals surface area contributed by atoms with E-state index in [9.17, 15) is 14.0 Å². The zero-order valence-electron chi connectivity index (χ0n) is 8.88.